The lowest BCUT2D eigenvalue weighted by atomic mass is 10.0. The summed E-state index contributed by atoms with van der Waals surface area (Å²) < 4.78 is 0. The van der Waals surface area contributed by atoms with Gasteiger partial charge in [0.15, 0.2) is 0 Å². The number of benzene rings is 2. The molecule has 0 aliphatic heterocycles. The second-order valence-corrected chi connectivity index (χ2v) is 6.97. The van der Waals surface area contributed by atoms with E-state index in [2.05, 4.69) is 28.0 Å². The first kappa shape index (κ1) is 20.4. The Labute approximate surface area is 160 Å². The van der Waals surface area contributed by atoms with E-state index in [0.29, 0.717) is 0 Å². The lowest BCUT2D eigenvalue weighted by molar-refractivity contribution is -0.124. The number of rotatable bonds is 6. The number of amides is 2. The number of carbonyl (C=O) groups is 2. The summed E-state index contributed by atoms with van der Waals surface area (Å²) in [6.07, 6.45) is 1.84. The molecular weight excluding hydrogens is 338 g/mol. The molecule has 2 rings (SSSR count). The van der Waals surface area contributed by atoms with E-state index in [-0.39, 0.29) is 24.7 Å². The maximum Gasteiger partial charge on any atom is 0.240 e. The van der Waals surface area contributed by atoms with Gasteiger partial charge >= 0.3 is 0 Å². The van der Waals surface area contributed by atoms with Gasteiger partial charge in [0.1, 0.15) is 0 Å². The molecule has 2 N–H and O–H groups in total. The van der Waals surface area contributed by atoms with E-state index < -0.39 is 0 Å². The molecule has 5 nitrogen and oxygen atoms in total. The summed E-state index contributed by atoms with van der Waals surface area (Å²) in [5, 5.41) is 6.88. The minimum absolute atomic E-state index is 0.0832. The maximum absolute atomic E-state index is 12.1. The SMILES string of the molecule is Cc1cc(C)c(C=NNC(=O)CCC(=O)Nc2cc(C)ccc2C)c(C)c1. The third-order valence-corrected chi connectivity index (χ3v) is 4.37. The molecule has 0 heterocycles. The fraction of sp³-hybridized carbons (Fsp3) is 0.318. The number of hydrogen-bond donors (Lipinski definition) is 2. The van der Waals surface area contributed by atoms with E-state index in [4.69, 9.17) is 0 Å². The highest BCUT2D eigenvalue weighted by Gasteiger charge is 2.08. The molecular formula is C22H27N3O2. The predicted molar refractivity (Wildman–Crippen MR) is 110 cm³/mol. The van der Waals surface area contributed by atoms with Gasteiger partial charge in [0.25, 0.3) is 0 Å². The number of hydrazone groups is 1. The molecule has 0 aliphatic rings. The highest BCUT2D eigenvalue weighted by atomic mass is 16.2. The average Bonchev–Trinajstić information content (AvgIpc) is 2.58. The van der Waals surface area contributed by atoms with Crippen LogP contribution in [0.1, 0.15) is 46.2 Å². The normalized spacial score (nSPS) is 10.9. The minimum atomic E-state index is -0.287. The molecule has 2 aromatic carbocycles. The van der Waals surface area contributed by atoms with Gasteiger partial charge in [0, 0.05) is 24.1 Å². The zero-order chi connectivity index (χ0) is 20.0. The van der Waals surface area contributed by atoms with Crippen molar-refractivity contribution in [2.24, 2.45) is 5.10 Å². The highest BCUT2D eigenvalue weighted by molar-refractivity contribution is 5.94. The van der Waals surface area contributed by atoms with Crippen molar-refractivity contribution in [3.8, 4) is 0 Å². The van der Waals surface area contributed by atoms with Crippen molar-refractivity contribution in [3.63, 3.8) is 0 Å². The van der Waals surface area contributed by atoms with Crippen molar-refractivity contribution in [3.05, 3.63) is 63.7 Å². The highest BCUT2D eigenvalue weighted by Crippen LogP contribution is 2.17. The lowest BCUT2D eigenvalue weighted by Gasteiger charge is -2.09. The van der Waals surface area contributed by atoms with Gasteiger partial charge in [-0.1, -0.05) is 29.8 Å². The Hall–Kier alpha value is -2.95. The predicted octanol–water partition coefficient (Wildman–Crippen LogP) is 4.10. The van der Waals surface area contributed by atoms with Gasteiger partial charge in [-0.25, -0.2) is 5.43 Å². The summed E-state index contributed by atoms with van der Waals surface area (Å²) in [7, 11) is 0. The molecule has 0 spiro atoms. The number of nitrogens with one attached hydrogen (secondary N) is 2. The summed E-state index contributed by atoms with van der Waals surface area (Å²) in [4.78, 5) is 24.0. The Morgan fingerprint density at radius 3 is 2.15 bits per heavy atom. The first-order valence-electron chi connectivity index (χ1n) is 9.03. The van der Waals surface area contributed by atoms with Crippen molar-refractivity contribution in [2.75, 3.05) is 5.32 Å². The first-order valence-corrected chi connectivity index (χ1v) is 9.03. The summed E-state index contributed by atoms with van der Waals surface area (Å²) in [6, 6.07) is 10.0. The molecule has 142 valence electrons. The molecule has 27 heavy (non-hydrogen) atoms. The molecule has 0 saturated carbocycles. The van der Waals surface area contributed by atoms with Gasteiger partial charge in [-0.05, 0) is 62.9 Å². The first-order chi connectivity index (χ1) is 12.8. The molecule has 0 unspecified atom stereocenters. The summed E-state index contributed by atoms with van der Waals surface area (Å²) in [5.41, 5.74) is 9.75. The molecule has 2 amide bonds. The van der Waals surface area contributed by atoms with Crippen LogP contribution in [0.25, 0.3) is 0 Å². The minimum Gasteiger partial charge on any atom is -0.326 e. The van der Waals surface area contributed by atoms with Gasteiger partial charge in [-0.15, -0.1) is 0 Å². The molecule has 2 aromatic rings. The van der Waals surface area contributed by atoms with E-state index in [0.717, 1.165) is 33.5 Å². The summed E-state index contributed by atoms with van der Waals surface area (Å²) >= 11 is 0. The Balaban J connectivity index is 1.84. The van der Waals surface area contributed by atoms with Gasteiger partial charge in [-0.3, -0.25) is 9.59 Å². The molecule has 0 aliphatic carbocycles. The van der Waals surface area contributed by atoms with E-state index in [1.54, 1.807) is 6.21 Å². The molecule has 0 radical (unpaired) electrons. The largest absolute Gasteiger partial charge is 0.326 e. The third-order valence-electron chi connectivity index (χ3n) is 4.37. The van der Waals surface area contributed by atoms with Crippen molar-refractivity contribution < 1.29 is 9.59 Å². The average molecular weight is 365 g/mol. The van der Waals surface area contributed by atoms with Crippen molar-refractivity contribution in [1.82, 2.24) is 5.43 Å². The molecule has 0 aromatic heterocycles. The standard InChI is InChI=1S/C22H27N3O2/c1-14-6-7-16(3)20(12-14)24-21(26)8-9-22(27)25-23-13-19-17(4)10-15(2)11-18(19)5/h6-7,10-13H,8-9H2,1-5H3,(H,24,26)(H,25,27). The van der Waals surface area contributed by atoms with Gasteiger partial charge in [-0.2, -0.15) is 5.10 Å². The van der Waals surface area contributed by atoms with Crippen molar-refractivity contribution in [1.29, 1.82) is 0 Å². The van der Waals surface area contributed by atoms with Gasteiger partial charge in [0.05, 0.1) is 6.21 Å². The quantitative estimate of drug-likeness (QED) is 0.598. The Kier molecular flexibility index (Phi) is 6.88. The molecule has 0 atom stereocenters. The molecule has 0 bridgehead atoms. The fourth-order valence-electron chi connectivity index (χ4n) is 2.93. The van der Waals surface area contributed by atoms with E-state index >= 15 is 0 Å². The number of nitrogens with zero attached hydrogens (tertiary/aromatic N) is 1. The molecule has 0 fully saturated rings. The van der Waals surface area contributed by atoms with Crippen LogP contribution in [0.2, 0.25) is 0 Å². The molecule has 5 heteroatoms. The number of carbonyl (C=O) groups excluding carboxylic acids is 2. The van der Waals surface area contributed by atoms with Crippen LogP contribution >= 0.6 is 0 Å². The van der Waals surface area contributed by atoms with E-state index in [1.165, 1.54) is 5.56 Å². The number of aryl methyl sites for hydroxylation is 5. The second-order valence-electron chi connectivity index (χ2n) is 6.97. The van der Waals surface area contributed by atoms with Crippen LogP contribution in [0.5, 0.6) is 0 Å². The Morgan fingerprint density at radius 1 is 0.852 bits per heavy atom. The summed E-state index contributed by atoms with van der Waals surface area (Å²) in [5.74, 6) is -0.474. The van der Waals surface area contributed by atoms with Crippen LogP contribution < -0.4 is 10.7 Å². The van der Waals surface area contributed by atoms with Crippen LogP contribution in [0, 0.1) is 34.6 Å². The van der Waals surface area contributed by atoms with Crippen LogP contribution in [0.15, 0.2) is 35.4 Å². The second kappa shape index (κ2) is 9.12. The van der Waals surface area contributed by atoms with Crippen LogP contribution in [0.4, 0.5) is 5.69 Å². The number of anilines is 1. The summed E-state index contributed by atoms with van der Waals surface area (Å²) in [6.45, 7) is 9.98. The van der Waals surface area contributed by atoms with Gasteiger partial charge in [0.2, 0.25) is 11.8 Å². The van der Waals surface area contributed by atoms with Crippen molar-refractivity contribution in [2.45, 2.75) is 47.5 Å². The van der Waals surface area contributed by atoms with Crippen LogP contribution in [0.3, 0.4) is 0 Å². The van der Waals surface area contributed by atoms with E-state index in [9.17, 15) is 9.59 Å². The number of hydrogen-bond acceptors (Lipinski definition) is 3. The lowest BCUT2D eigenvalue weighted by Crippen LogP contribution is -2.21. The zero-order valence-electron chi connectivity index (χ0n) is 16.6. The van der Waals surface area contributed by atoms with Crippen LogP contribution in [-0.2, 0) is 9.59 Å². The van der Waals surface area contributed by atoms with Gasteiger partial charge < -0.3 is 5.32 Å². The topological polar surface area (TPSA) is 70.6 Å². The zero-order valence-corrected chi connectivity index (χ0v) is 16.6. The van der Waals surface area contributed by atoms with Crippen LogP contribution in [-0.4, -0.2) is 18.0 Å². The smallest absolute Gasteiger partial charge is 0.240 e. The van der Waals surface area contributed by atoms with Crippen molar-refractivity contribution >= 4 is 23.7 Å². The fourth-order valence-corrected chi connectivity index (χ4v) is 2.93. The Morgan fingerprint density at radius 2 is 1.48 bits per heavy atom. The monoisotopic (exact) mass is 365 g/mol. The Bertz CT molecular complexity index is 862. The van der Waals surface area contributed by atoms with E-state index in [1.807, 2.05) is 52.8 Å². The third kappa shape index (κ3) is 6.06. The maximum atomic E-state index is 12.1. The molecule has 0 saturated heterocycles.